The molecule has 1 aromatic rings. The van der Waals surface area contributed by atoms with Crippen LogP contribution in [0.4, 0.5) is 0 Å². The molecule has 21 heavy (non-hydrogen) atoms. The minimum absolute atomic E-state index is 0.512. The predicted octanol–water partition coefficient (Wildman–Crippen LogP) is 5.57. The molecule has 0 unspecified atom stereocenters. The Hall–Kier alpha value is -0.190. The molecule has 1 heterocycles. The largest absolute Gasteiger partial charge is 0.311 e. The number of nitrogens with zero attached hydrogens (tertiary/aromatic N) is 1. The summed E-state index contributed by atoms with van der Waals surface area (Å²) in [6.45, 7) is 5.37. The highest BCUT2D eigenvalue weighted by Crippen LogP contribution is 2.31. The molecule has 0 spiro atoms. The van der Waals surface area contributed by atoms with Gasteiger partial charge in [0.1, 0.15) is 0 Å². The van der Waals surface area contributed by atoms with Gasteiger partial charge in [-0.25, -0.2) is 0 Å². The monoisotopic (exact) mass is 414 g/mol. The van der Waals surface area contributed by atoms with E-state index in [-0.39, 0.29) is 0 Å². The molecule has 2 nitrogen and oxygen atoms in total. The smallest absolute Gasteiger partial charge is 0.0772 e. The lowest BCUT2D eigenvalue weighted by Crippen LogP contribution is -2.28. The van der Waals surface area contributed by atoms with Crippen LogP contribution in [0.1, 0.15) is 51.6 Å². The Morgan fingerprint density at radius 2 is 2.05 bits per heavy atom. The number of hydrogen-bond acceptors (Lipinski definition) is 2. The van der Waals surface area contributed by atoms with Crippen molar-refractivity contribution in [3.05, 3.63) is 32.5 Å². The summed E-state index contributed by atoms with van der Waals surface area (Å²) in [6, 6.07) is 2.58. The summed E-state index contributed by atoms with van der Waals surface area (Å²) in [5.41, 5.74) is 2.53. The zero-order valence-corrected chi connectivity index (χ0v) is 16.0. The first-order chi connectivity index (χ1) is 10.1. The van der Waals surface area contributed by atoms with Crippen molar-refractivity contribution in [2.24, 2.45) is 5.92 Å². The van der Waals surface area contributed by atoms with Crippen molar-refractivity contribution in [1.82, 2.24) is 10.3 Å². The van der Waals surface area contributed by atoms with E-state index in [2.05, 4.69) is 68.2 Å². The first kappa shape index (κ1) is 17.2. The highest BCUT2D eigenvalue weighted by atomic mass is 79.9. The third kappa shape index (κ3) is 5.50. The van der Waals surface area contributed by atoms with Gasteiger partial charge in [-0.15, -0.1) is 0 Å². The maximum atomic E-state index is 4.54. The number of nitrogens with one attached hydrogen (secondary N) is 1. The minimum Gasteiger partial charge on any atom is -0.311 e. The second-order valence-corrected chi connectivity index (χ2v) is 7.88. The van der Waals surface area contributed by atoms with Crippen LogP contribution in [0.5, 0.6) is 0 Å². The minimum atomic E-state index is 0.512. The average molecular weight is 416 g/mol. The molecule has 4 heteroatoms. The Balaban J connectivity index is 2.21. The summed E-state index contributed by atoms with van der Waals surface area (Å²) in [4.78, 5) is 4.54. The molecule has 0 amide bonds. The number of rotatable bonds is 5. The predicted molar refractivity (Wildman–Crippen MR) is 97.3 cm³/mol. The fourth-order valence-electron chi connectivity index (χ4n) is 2.82. The fourth-order valence-corrected chi connectivity index (χ4v) is 3.92. The molecule has 0 saturated heterocycles. The molecule has 1 N–H and O–H groups in total. The lowest BCUT2D eigenvalue weighted by Gasteiger charge is -2.25. The standard InChI is InChI=1S/C17H24Br2N2/c1-12(2)20-10-14(13-6-4-3-5-7-13)8-17-16(19)9-15(18)11-21-17/h8-9,11-13,20H,3-7,10H2,1-2H3. The van der Waals surface area contributed by atoms with Gasteiger partial charge in [0.15, 0.2) is 0 Å². The molecule has 116 valence electrons. The Bertz CT molecular complexity index is 492. The van der Waals surface area contributed by atoms with Gasteiger partial charge in [0.25, 0.3) is 0 Å². The number of pyridine rings is 1. The van der Waals surface area contributed by atoms with Crippen LogP contribution in [0.15, 0.2) is 26.8 Å². The van der Waals surface area contributed by atoms with E-state index in [4.69, 9.17) is 0 Å². The maximum absolute atomic E-state index is 4.54. The SMILES string of the molecule is CC(C)NCC(=Cc1ncc(Br)cc1Br)C1CCCCC1. The van der Waals surface area contributed by atoms with Crippen molar-refractivity contribution in [1.29, 1.82) is 0 Å². The van der Waals surface area contributed by atoms with Gasteiger partial charge in [-0.2, -0.15) is 0 Å². The van der Waals surface area contributed by atoms with Crippen molar-refractivity contribution in [2.45, 2.75) is 52.0 Å². The van der Waals surface area contributed by atoms with Crippen LogP contribution in [0, 0.1) is 5.92 Å². The van der Waals surface area contributed by atoms with E-state index < -0.39 is 0 Å². The van der Waals surface area contributed by atoms with Crippen molar-refractivity contribution < 1.29 is 0 Å². The van der Waals surface area contributed by atoms with Gasteiger partial charge in [0.05, 0.1) is 5.69 Å². The Morgan fingerprint density at radius 3 is 2.67 bits per heavy atom. The molecule has 2 rings (SSSR count). The van der Waals surface area contributed by atoms with E-state index >= 15 is 0 Å². The average Bonchev–Trinajstić information content (AvgIpc) is 2.46. The van der Waals surface area contributed by atoms with Crippen molar-refractivity contribution >= 4 is 37.9 Å². The highest BCUT2D eigenvalue weighted by molar-refractivity contribution is 9.11. The zero-order valence-electron chi connectivity index (χ0n) is 12.8. The van der Waals surface area contributed by atoms with Crippen LogP contribution in [0.3, 0.4) is 0 Å². The summed E-state index contributed by atoms with van der Waals surface area (Å²) in [5, 5.41) is 3.57. The Labute approximate surface area is 145 Å². The quantitative estimate of drug-likeness (QED) is 0.679. The van der Waals surface area contributed by atoms with Crippen LogP contribution in [0.2, 0.25) is 0 Å². The van der Waals surface area contributed by atoms with Gasteiger partial charge in [0, 0.05) is 27.7 Å². The topological polar surface area (TPSA) is 24.9 Å². The van der Waals surface area contributed by atoms with E-state index in [1.54, 1.807) is 0 Å². The first-order valence-electron chi connectivity index (χ1n) is 7.81. The Morgan fingerprint density at radius 1 is 1.33 bits per heavy atom. The third-order valence-electron chi connectivity index (χ3n) is 4.00. The molecule has 1 fully saturated rings. The number of hydrogen-bond donors (Lipinski definition) is 1. The van der Waals surface area contributed by atoms with Gasteiger partial charge < -0.3 is 5.32 Å². The molecule has 0 atom stereocenters. The van der Waals surface area contributed by atoms with Crippen LogP contribution in [0.25, 0.3) is 6.08 Å². The van der Waals surface area contributed by atoms with Crippen molar-refractivity contribution in [3.63, 3.8) is 0 Å². The van der Waals surface area contributed by atoms with E-state index in [1.807, 2.05) is 6.20 Å². The molecule has 1 aliphatic carbocycles. The van der Waals surface area contributed by atoms with E-state index in [1.165, 1.54) is 37.7 Å². The zero-order chi connectivity index (χ0) is 15.2. The lowest BCUT2D eigenvalue weighted by atomic mass is 9.83. The third-order valence-corrected chi connectivity index (χ3v) is 5.07. The van der Waals surface area contributed by atoms with E-state index in [9.17, 15) is 0 Å². The molecular weight excluding hydrogens is 392 g/mol. The van der Waals surface area contributed by atoms with Gasteiger partial charge in [-0.3, -0.25) is 4.98 Å². The van der Waals surface area contributed by atoms with Crippen molar-refractivity contribution in [3.8, 4) is 0 Å². The van der Waals surface area contributed by atoms with Gasteiger partial charge in [0.2, 0.25) is 0 Å². The van der Waals surface area contributed by atoms with Gasteiger partial charge in [-0.05, 0) is 62.8 Å². The molecule has 0 aromatic carbocycles. The first-order valence-corrected chi connectivity index (χ1v) is 9.39. The van der Waals surface area contributed by atoms with Crippen LogP contribution in [-0.2, 0) is 0 Å². The van der Waals surface area contributed by atoms with E-state index in [0.717, 1.165) is 21.2 Å². The fraction of sp³-hybridized carbons (Fsp3) is 0.588. The summed E-state index contributed by atoms with van der Waals surface area (Å²) in [6.07, 6.45) is 10.9. The molecule has 1 aromatic heterocycles. The number of halogens is 2. The summed E-state index contributed by atoms with van der Waals surface area (Å²) in [5.74, 6) is 0.711. The highest BCUT2D eigenvalue weighted by Gasteiger charge is 2.18. The van der Waals surface area contributed by atoms with Crippen LogP contribution >= 0.6 is 31.9 Å². The second kappa shape index (κ2) is 8.44. The van der Waals surface area contributed by atoms with Gasteiger partial charge >= 0.3 is 0 Å². The Kier molecular flexibility index (Phi) is 6.90. The summed E-state index contributed by atoms with van der Waals surface area (Å²) < 4.78 is 2.06. The molecular formula is C17H24Br2N2. The summed E-state index contributed by atoms with van der Waals surface area (Å²) >= 11 is 7.09. The molecule has 1 aliphatic rings. The molecule has 0 aliphatic heterocycles. The van der Waals surface area contributed by atoms with Crippen LogP contribution < -0.4 is 5.32 Å². The lowest BCUT2D eigenvalue weighted by molar-refractivity contribution is 0.394. The molecule has 0 radical (unpaired) electrons. The molecule has 1 saturated carbocycles. The maximum Gasteiger partial charge on any atom is 0.0772 e. The normalized spacial score (nSPS) is 17.5. The molecule has 0 bridgehead atoms. The second-order valence-electron chi connectivity index (χ2n) is 6.11. The summed E-state index contributed by atoms with van der Waals surface area (Å²) in [7, 11) is 0. The van der Waals surface area contributed by atoms with Crippen molar-refractivity contribution in [2.75, 3.05) is 6.54 Å². The number of aromatic nitrogens is 1. The van der Waals surface area contributed by atoms with Gasteiger partial charge in [-0.1, -0.05) is 38.7 Å². The van der Waals surface area contributed by atoms with E-state index in [0.29, 0.717) is 12.0 Å². The van der Waals surface area contributed by atoms with Crippen LogP contribution in [-0.4, -0.2) is 17.6 Å².